The average molecular weight is 294 g/mol. The third-order valence-electron chi connectivity index (χ3n) is 2.57. The first-order chi connectivity index (χ1) is 9.69. The van der Waals surface area contributed by atoms with Gasteiger partial charge < -0.3 is 10.1 Å². The van der Waals surface area contributed by atoms with Crippen molar-refractivity contribution in [2.45, 2.75) is 13.3 Å². The minimum Gasteiger partial charge on any atom is -0.381 e. The van der Waals surface area contributed by atoms with Crippen molar-refractivity contribution < 1.29 is 13.9 Å². The summed E-state index contributed by atoms with van der Waals surface area (Å²) in [5, 5.41) is 5.07. The first kappa shape index (κ1) is 14.6. The molecule has 0 saturated carbocycles. The maximum Gasteiger partial charge on any atom is 0.228 e. The Hall–Kier alpha value is -1.79. The van der Waals surface area contributed by atoms with Crippen LogP contribution >= 0.6 is 11.3 Å². The Morgan fingerprint density at radius 1 is 1.40 bits per heavy atom. The molecule has 0 aliphatic carbocycles. The predicted octanol–water partition coefficient (Wildman–Crippen LogP) is 3.31. The second-order valence-electron chi connectivity index (χ2n) is 4.04. The van der Waals surface area contributed by atoms with Crippen molar-refractivity contribution in [2.75, 3.05) is 18.5 Å². The lowest BCUT2D eigenvalue weighted by Crippen LogP contribution is -2.13. The van der Waals surface area contributed by atoms with Crippen molar-refractivity contribution in [3.05, 3.63) is 35.5 Å². The Kier molecular flexibility index (Phi) is 5.20. The summed E-state index contributed by atoms with van der Waals surface area (Å²) in [6.07, 6.45) is 0.305. The Balaban J connectivity index is 1.95. The van der Waals surface area contributed by atoms with Gasteiger partial charge in [-0.15, -0.1) is 11.3 Å². The van der Waals surface area contributed by atoms with E-state index in [1.165, 1.54) is 23.5 Å². The van der Waals surface area contributed by atoms with Crippen molar-refractivity contribution in [1.29, 1.82) is 0 Å². The molecule has 20 heavy (non-hydrogen) atoms. The molecule has 0 aliphatic heterocycles. The number of aromatic nitrogens is 1. The molecule has 0 saturated heterocycles. The van der Waals surface area contributed by atoms with Crippen molar-refractivity contribution in [2.24, 2.45) is 0 Å². The van der Waals surface area contributed by atoms with Gasteiger partial charge in [-0.25, -0.2) is 9.37 Å². The number of rotatable bonds is 6. The molecule has 106 valence electrons. The van der Waals surface area contributed by atoms with Gasteiger partial charge in [-0.2, -0.15) is 0 Å². The molecule has 0 aliphatic rings. The highest BCUT2D eigenvalue weighted by molar-refractivity contribution is 7.14. The lowest BCUT2D eigenvalue weighted by atomic mass is 10.2. The molecule has 0 radical (unpaired) electrons. The summed E-state index contributed by atoms with van der Waals surface area (Å²) < 4.78 is 18.0. The highest BCUT2D eigenvalue weighted by atomic mass is 32.1. The minimum absolute atomic E-state index is 0.126. The molecule has 4 nitrogen and oxygen atoms in total. The predicted molar refractivity (Wildman–Crippen MR) is 77.2 cm³/mol. The fourth-order valence-corrected chi connectivity index (χ4v) is 2.31. The van der Waals surface area contributed by atoms with E-state index in [0.717, 1.165) is 11.3 Å². The van der Waals surface area contributed by atoms with Gasteiger partial charge in [0.1, 0.15) is 5.82 Å². The van der Waals surface area contributed by atoms with E-state index in [0.29, 0.717) is 24.8 Å². The van der Waals surface area contributed by atoms with Crippen LogP contribution in [0.2, 0.25) is 0 Å². The van der Waals surface area contributed by atoms with Crippen molar-refractivity contribution in [3.8, 4) is 11.3 Å². The number of benzene rings is 1. The number of nitrogens with one attached hydrogen (secondary N) is 1. The monoisotopic (exact) mass is 294 g/mol. The highest BCUT2D eigenvalue weighted by Gasteiger charge is 2.08. The Bertz CT molecular complexity index is 569. The zero-order chi connectivity index (χ0) is 14.4. The topological polar surface area (TPSA) is 51.2 Å². The molecule has 0 bridgehead atoms. The number of ether oxygens (including phenoxy) is 1. The van der Waals surface area contributed by atoms with E-state index in [1.54, 1.807) is 12.1 Å². The quantitative estimate of drug-likeness (QED) is 0.832. The zero-order valence-electron chi connectivity index (χ0n) is 11.1. The standard InChI is InChI=1S/C14H15FN2O2S/c1-2-19-8-7-13(18)17-14-16-12(9-20-14)10-3-5-11(15)6-4-10/h3-6,9H,2,7-8H2,1H3,(H,16,17,18). The van der Waals surface area contributed by atoms with Gasteiger partial charge in [-0.3, -0.25) is 4.79 Å². The molecule has 0 atom stereocenters. The van der Waals surface area contributed by atoms with Crippen LogP contribution in [0.15, 0.2) is 29.6 Å². The van der Waals surface area contributed by atoms with Gasteiger partial charge in [0.05, 0.1) is 18.7 Å². The molecule has 0 unspecified atom stereocenters. The Labute approximate surface area is 120 Å². The first-order valence-corrected chi connectivity index (χ1v) is 7.16. The minimum atomic E-state index is -0.284. The number of nitrogens with zero attached hydrogens (tertiary/aromatic N) is 1. The number of thiazole rings is 1. The first-order valence-electron chi connectivity index (χ1n) is 6.28. The second-order valence-corrected chi connectivity index (χ2v) is 4.90. The lowest BCUT2D eigenvalue weighted by molar-refractivity contribution is -0.117. The van der Waals surface area contributed by atoms with E-state index in [2.05, 4.69) is 10.3 Å². The number of hydrogen-bond donors (Lipinski definition) is 1. The Morgan fingerprint density at radius 3 is 2.85 bits per heavy atom. The summed E-state index contributed by atoms with van der Waals surface area (Å²) in [6, 6.07) is 6.08. The van der Waals surface area contributed by atoms with Crippen molar-refractivity contribution >= 4 is 22.4 Å². The van der Waals surface area contributed by atoms with Crippen LogP contribution in [-0.4, -0.2) is 24.1 Å². The summed E-state index contributed by atoms with van der Waals surface area (Å²) >= 11 is 1.34. The number of carbonyl (C=O) groups is 1. The summed E-state index contributed by atoms with van der Waals surface area (Å²) in [6.45, 7) is 2.88. The molecule has 1 aromatic heterocycles. The summed E-state index contributed by atoms with van der Waals surface area (Å²) in [4.78, 5) is 15.9. The zero-order valence-corrected chi connectivity index (χ0v) is 11.9. The molecule has 1 amide bonds. The molecule has 6 heteroatoms. The number of carbonyl (C=O) groups excluding carboxylic acids is 1. The molecule has 1 heterocycles. The van der Waals surface area contributed by atoms with Gasteiger partial charge in [-0.05, 0) is 31.2 Å². The summed E-state index contributed by atoms with van der Waals surface area (Å²) in [7, 11) is 0. The van der Waals surface area contributed by atoms with Crippen LogP contribution in [0.3, 0.4) is 0 Å². The molecular formula is C14H15FN2O2S. The van der Waals surface area contributed by atoms with Crippen LogP contribution in [0.25, 0.3) is 11.3 Å². The summed E-state index contributed by atoms with van der Waals surface area (Å²) in [5.41, 5.74) is 1.53. The maximum absolute atomic E-state index is 12.8. The molecule has 2 aromatic rings. The number of halogens is 1. The van der Waals surface area contributed by atoms with Gasteiger partial charge in [0.25, 0.3) is 0 Å². The molecule has 0 spiro atoms. The molecule has 2 rings (SSSR count). The fraction of sp³-hybridized carbons (Fsp3) is 0.286. The van der Waals surface area contributed by atoms with E-state index >= 15 is 0 Å². The van der Waals surface area contributed by atoms with Gasteiger partial charge in [0.15, 0.2) is 5.13 Å². The molecule has 1 aromatic carbocycles. The van der Waals surface area contributed by atoms with E-state index in [9.17, 15) is 9.18 Å². The van der Waals surface area contributed by atoms with Crippen molar-refractivity contribution in [3.63, 3.8) is 0 Å². The van der Waals surface area contributed by atoms with Gasteiger partial charge in [-0.1, -0.05) is 0 Å². The molecule has 0 fully saturated rings. The normalized spacial score (nSPS) is 10.5. The summed E-state index contributed by atoms with van der Waals surface area (Å²) in [5.74, 6) is -0.410. The Morgan fingerprint density at radius 2 is 2.15 bits per heavy atom. The number of anilines is 1. The van der Waals surface area contributed by atoms with Crippen LogP contribution in [-0.2, 0) is 9.53 Å². The van der Waals surface area contributed by atoms with E-state index in [4.69, 9.17) is 4.74 Å². The maximum atomic E-state index is 12.8. The van der Waals surface area contributed by atoms with Gasteiger partial charge >= 0.3 is 0 Å². The van der Waals surface area contributed by atoms with Crippen LogP contribution in [0.5, 0.6) is 0 Å². The second kappa shape index (κ2) is 7.12. The molecular weight excluding hydrogens is 279 g/mol. The van der Waals surface area contributed by atoms with Crippen LogP contribution in [0, 0.1) is 5.82 Å². The lowest BCUT2D eigenvalue weighted by Gasteiger charge is -2.01. The van der Waals surface area contributed by atoms with Gasteiger partial charge in [0.2, 0.25) is 5.91 Å². The van der Waals surface area contributed by atoms with Crippen LogP contribution in [0.4, 0.5) is 9.52 Å². The van der Waals surface area contributed by atoms with E-state index in [-0.39, 0.29) is 11.7 Å². The van der Waals surface area contributed by atoms with E-state index in [1.807, 2.05) is 12.3 Å². The average Bonchev–Trinajstić information content (AvgIpc) is 2.88. The molecule has 1 N–H and O–H groups in total. The van der Waals surface area contributed by atoms with E-state index < -0.39 is 0 Å². The van der Waals surface area contributed by atoms with Crippen LogP contribution in [0.1, 0.15) is 13.3 Å². The SMILES string of the molecule is CCOCCC(=O)Nc1nc(-c2ccc(F)cc2)cs1. The third-order valence-corrected chi connectivity index (χ3v) is 3.33. The third kappa shape index (κ3) is 4.11. The number of hydrogen-bond acceptors (Lipinski definition) is 4. The largest absolute Gasteiger partial charge is 0.381 e. The smallest absolute Gasteiger partial charge is 0.228 e. The van der Waals surface area contributed by atoms with Gasteiger partial charge in [0, 0.05) is 17.6 Å². The van der Waals surface area contributed by atoms with Crippen molar-refractivity contribution in [1.82, 2.24) is 4.98 Å². The number of amides is 1. The highest BCUT2D eigenvalue weighted by Crippen LogP contribution is 2.25. The van der Waals surface area contributed by atoms with Crippen LogP contribution < -0.4 is 5.32 Å². The fourth-order valence-electron chi connectivity index (χ4n) is 1.58.